The highest BCUT2D eigenvalue weighted by Crippen LogP contribution is 2.32. The number of hydrogen-bond donors (Lipinski definition) is 0. The third kappa shape index (κ3) is 1.95. The predicted molar refractivity (Wildman–Crippen MR) is 50.1 cm³/mol. The van der Waals surface area contributed by atoms with Crippen molar-refractivity contribution in [1.82, 2.24) is 0 Å². The van der Waals surface area contributed by atoms with E-state index in [1.165, 1.54) is 17.0 Å². The Labute approximate surface area is 89.4 Å². The Morgan fingerprint density at radius 2 is 2.06 bits per heavy atom. The molecule has 16 heavy (non-hydrogen) atoms. The molecule has 0 saturated carbocycles. The SMILES string of the molecule is O=C1OCCN1c1cccc(C(F)(F)F)c1. The zero-order chi connectivity index (χ0) is 11.8. The van der Waals surface area contributed by atoms with Gasteiger partial charge in [-0.05, 0) is 18.2 Å². The number of carbonyl (C=O) groups is 1. The average Bonchev–Trinajstić information content (AvgIpc) is 2.63. The molecular formula is C10H8F3NO2. The van der Waals surface area contributed by atoms with Crippen LogP contribution in [0.15, 0.2) is 24.3 Å². The standard InChI is InChI=1S/C10H8F3NO2/c11-10(12,13)7-2-1-3-8(6-7)14-4-5-16-9(14)15/h1-3,6H,4-5H2. The van der Waals surface area contributed by atoms with Gasteiger partial charge in [-0.25, -0.2) is 4.79 Å². The Balaban J connectivity index is 2.32. The summed E-state index contributed by atoms with van der Waals surface area (Å²) in [4.78, 5) is 12.3. The van der Waals surface area contributed by atoms with Crippen molar-refractivity contribution in [2.45, 2.75) is 6.18 Å². The molecule has 1 heterocycles. The van der Waals surface area contributed by atoms with E-state index in [2.05, 4.69) is 4.74 Å². The molecule has 0 aliphatic carbocycles. The first-order chi connectivity index (χ1) is 7.48. The molecule has 0 aromatic heterocycles. The molecule has 1 aliphatic heterocycles. The van der Waals surface area contributed by atoms with E-state index in [-0.39, 0.29) is 18.8 Å². The zero-order valence-electron chi connectivity index (χ0n) is 8.12. The van der Waals surface area contributed by atoms with Gasteiger partial charge in [-0.1, -0.05) is 6.07 Å². The van der Waals surface area contributed by atoms with E-state index in [9.17, 15) is 18.0 Å². The number of amides is 1. The molecule has 0 N–H and O–H groups in total. The summed E-state index contributed by atoms with van der Waals surface area (Å²) in [6, 6.07) is 4.61. The van der Waals surface area contributed by atoms with Gasteiger partial charge in [0.2, 0.25) is 0 Å². The second-order valence-corrected chi connectivity index (χ2v) is 3.31. The molecule has 1 aromatic rings. The highest BCUT2D eigenvalue weighted by molar-refractivity contribution is 5.89. The summed E-state index contributed by atoms with van der Waals surface area (Å²) in [5.41, 5.74) is -0.568. The van der Waals surface area contributed by atoms with Gasteiger partial charge >= 0.3 is 12.3 Å². The van der Waals surface area contributed by atoms with Crippen LogP contribution in [0.1, 0.15) is 5.56 Å². The summed E-state index contributed by atoms with van der Waals surface area (Å²) in [7, 11) is 0. The molecular weight excluding hydrogens is 223 g/mol. The van der Waals surface area contributed by atoms with Gasteiger partial charge in [0.1, 0.15) is 6.61 Å². The monoisotopic (exact) mass is 231 g/mol. The third-order valence-corrected chi connectivity index (χ3v) is 2.25. The molecule has 0 bridgehead atoms. The van der Waals surface area contributed by atoms with Crippen molar-refractivity contribution in [3.05, 3.63) is 29.8 Å². The maximum absolute atomic E-state index is 12.4. The summed E-state index contributed by atoms with van der Waals surface area (Å²) in [6.07, 6.45) is -5.01. The Morgan fingerprint density at radius 1 is 1.31 bits per heavy atom. The topological polar surface area (TPSA) is 29.5 Å². The first-order valence-corrected chi connectivity index (χ1v) is 4.60. The highest BCUT2D eigenvalue weighted by Gasteiger charge is 2.32. The van der Waals surface area contributed by atoms with E-state index in [0.717, 1.165) is 12.1 Å². The van der Waals surface area contributed by atoms with E-state index < -0.39 is 17.8 Å². The molecule has 1 fully saturated rings. The molecule has 3 nitrogen and oxygen atoms in total. The van der Waals surface area contributed by atoms with Gasteiger partial charge in [-0.2, -0.15) is 13.2 Å². The average molecular weight is 231 g/mol. The number of rotatable bonds is 1. The quantitative estimate of drug-likeness (QED) is 0.743. The summed E-state index contributed by atoms with van der Waals surface area (Å²) in [5.74, 6) is 0. The van der Waals surface area contributed by atoms with Crippen LogP contribution in [0.2, 0.25) is 0 Å². The summed E-state index contributed by atoms with van der Waals surface area (Å²) in [5, 5.41) is 0. The number of benzene rings is 1. The zero-order valence-corrected chi connectivity index (χ0v) is 8.12. The molecule has 1 aliphatic rings. The van der Waals surface area contributed by atoms with Crippen LogP contribution in [0, 0.1) is 0 Å². The fourth-order valence-corrected chi connectivity index (χ4v) is 1.48. The van der Waals surface area contributed by atoms with Crippen molar-refractivity contribution in [3.63, 3.8) is 0 Å². The lowest BCUT2D eigenvalue weighted by molar-refractivity contribution is -0.137. The van der Waals surface area contributed by atoms with Crippen LogP contribution in [0.4, 0.5) is 23.7 Å². The van der Waals surface area contributed by atoms with E-state index in [4.69, 9.17) is 0 Å². The summed E-state index contributed by atoms with van der Waals surface area (Å²) in [6.45, 7) is 0.481. The fraction of sp³-hybridized carbons (Fsp3) is 0.300. The molecule has 0 spiro atoms. The maximum Gasteiger partial charge on any atom is 0.416 e. The van der Waals surface area contributed by atoms with Crippen molar-refractivity contribution in [2.24, 2.45) is 0 Å². The van der Waals surface area contributed by atoms with Crippen LogP contribution in [-0.2, 0) is 10.9 Å². The molecule has 0 radical (unpaired) electrons. The van der Waals surface area contributed by atoms with E-state index in [1.54, 1.807) is 0 Å². The number of hydrogen-bond acceptors (Lipinski definition) is 2. The van der Waals surface area contributed by atoms with Gasteiger partial charge < -0.3 is 4.74 Å². The Kier molecular flexibility index (Phi) is 2.49. The molecule has 1 amide bonds. The Bertz CT molecular complexity index is 417. The first-order valence-electron chi connectivity index (χ1n) is 4.60. The molecule has 1 saturated heterocycles. The number of anilines is 1. The van der Waals surface area contributed by atoms with Gasteiger partial charge in [0.25, 0.3) is 0 Å². The molecule has 2 rings (SSSR count). The third-order valence-electron chi connectivity index (χ3n) is 2.25. The number of carbonyl (C=O) groups excluding carboxylic acids is 1. The predicted octanol–water partition coefficient (Wildman–Crippen LogP) is 2.66. The lowest BCUT2D eigenvalue weighted by Crippen LogP contribution is -2.23. The lowest BCUT2D eigenvalue weighted by atomic mass is 10.2. The van der Waals surface area contributed by atoms with Gasteiger partial charge in [-0.3, -0.25) is 4.90 Å². The van der Waals surface area contributed by atoms with E-state index >= 15 is 0 Å². The highest BCUT2D eigenvalue weighted by atomic mass is 19.4. The van der Waals surface area contributed by atoms with Gasteiger partial charge in [-0.15, -0.1) is 0 Å². The molecule has 0 unspecified atom stereocenters. The molecule has 1 aromatic carbocycles. The summed E-state index contributed by atoms with van der Waals surface area (Å²) < 4.78 is 41.9. The van der Waals surface area contributed by atoms with Crippen molar-refractivity contribution >= 4 is 11.8 Å². The second kappa shape index (κ2) is 3.70. The largest absolute Gasteiger partial charge is 0.447 e. The summed E-state index contributed by atoms with van der Waals surface area (Å²) >= 11 is 0. The van der Waals surface area contributed by atoms with Crippen LogP contribution in [0.5, 0.6) is 0 Å². The number of nitrogens with zero attached hydrogens (tertiary/aromatic N) is 1. The van der Waals surface area contributed by atoms with Crippen molar-refractivity contribution in [2.75, 3.05) is 18.1 Å². The van der Waals surface area contributed by atoms with Crippen LogP contribution in [0.25, 0.3) is 0 Å². The van der Waals surface area contributed by atoms with Gasteiger partial charge in [0.05, 0.1) is 12.1 Å². The minimum Gasteiger partial charge on any atom is -0.447 e. The van der Waals surface area contributed by atoms with E-state index in [1.807, 2.05) is 0 Å². The lowest BCUT2D eigenvalue weighted by Gasteiger charge is -2.14. The van der Waals surface area contributed by atoms with Crippen molar-refractivity contribution in [3.8, 4) is 0 Å². The Hall–Kier alpha value is -1.72. The number of alkyl halides is 3. The number of halogens is 3. The smallest absolute Gasteiger partial charge is 0.416 e. The van der Waals surface area contributed by atoms with Crippen LogP contribution in [0.3, 0.4) is 0 Å². The maximum atomic E-state index is 12.4. The first kappa shape index (κ1) is 10.8. The van der Waals surface area contributed by atoms with Crippen LogP contribution in [-0.4, -0.2) is 19.2 Å². The molecule has 86 valence electrons. The minimum absolute atomic E-state index is 0.203. The van der Waals surface area contributed by atoms with Gasteiger partial charge in [0.15, 0.2) is 0 Å². The van der Waals surface area contributed by atoms with Crippen molar-refractivity contribution in [1.29, 1.82) is 0 Å². The number of cyclic esters (lactones) is 1. The number of ether oxygens (including phenoxy) is 1. The second-order valence-electron chi connectivity index (χ2n) is 3.31. The van der Waals surface area contributed by atoms with Gasteiger partial charge in [0, 0.05) is 5.69 Å². The van der Waals surface area contributed by atoms with E-state index in [0.29, 0.717) is 0 Å². The Morgan fingerprint density at radius 3 is 2.62 bits per heavy atom. The minimum atomic E-state index is -4.40. The van der Waals surface area contributed by atoms with Crippen molar-refractivity contribution < 1.29 is 22.7 Å². The molecule has 0 atom stereocenters. The van der Waals surface area contributed by atoms with Crippen LogP contribution >= 0.6 is 0 Å². The molecule has 6 heteroatoms. The van der Waals surface area contributed by atoms with Crippen LogP contribution < -0.4 is 4.90 Å². The normalized spacial score (nSPS) is 16.4. The fourth-order valence-electron chi connectivity index (χ4n) is 1.48.